The summed E-state index contributed by atoms with van der Waals surface area (Å²) in [6.07, 6.45) is 0.970. The Balaban J connectivity index is 0. The van der Waals surface area contributed by atoms with E-state index >= 15 is 0 Å². The summed E-state index contributed by atoms with van der Waals surface area (Å²) in [7, 11) is 0. The molecular weight excluding hydrogens is 130 g/mol. The number of nitrogens with two attached hydrogens (primary N) is 1. The molecule has 10 heavy (non-hydrogen) atoms. The molecule has 0 spiro atoms. The minimum absolute atomic E-state index is 0. The number of amidine groups is 1. The standard InChI is InChI=1S/C5H11N5.2H2/c6-5(9-10-7)4-1-2-8-3-4;;/h4,8H,1-3H2,(H3,6,7,9);2*1H/t4-;;/m1../s1. The second kappa shape index (κ2) is 3.26. The smallest absolute Gasteiger partial charge is 0.149 e. The molecule has 0 saturated carbocycles. The van der Waals surface area contributed by atoms with Gasteiger partial charge in [-0.1, -0.05) is 5.22 Å². The van der Waals surface area contributed by atoms with Crippen molar-refractivity contribution in [2.24, 2.45) is 22.1 Å². The van der Waals surface area contributed by atoms with Gasteiger partial charge in [0.15, 0.2) is 0 Å². The van der Waals surface area contributed by atoms with Crippen LogP contribution in [0.25, 0.3) is 0 Å². The van der Waals surface area contributed by atoms with Gasteiger partial charge < -0.3 is 11.2 Å². The zero-order chi connectivity index (χ0) is 7.40. The fourth-order valence-corrected chi connectivity index (χ4v) is 1.03. The first-order valence-corrected chi connectivity index (χ1v) is 3.24. The lowest BCUT2D eigenvalue weighted by molar-refractivity contribution is 0.750. The van der Waals surface area contributed by atoms with Crippen LogP contribution in [-0.4, -0.2) is 18.9 Å². The van der Waals surface area contributed by atoms with Crippen LogP contribution in [0.5, 0.6) is 0 Å². The zero-order valence-electron chi connectivity index (χ0n) is 5.67. The van der Waals surface area contributed by atoms with Crippen LogP contribution in [0, 0.1) is 11.3 Å². The van der Waals surface area contributed by atoms with Crippen molar-refractivity contribution in [2.45, 2.75) is 6.42 Å². The molecule has 0 aromatic heterocycles. The van der Waals surface area contributed by atoms with E-state index in [2.05, 4.69) is 15.7 Å². The van der Waals surface area contributed by atoms with Crippen LogP contribution in [0.1, 0.15) is 9.27 Å². The van der Waals surface area contributed by atoms with Gasteiger partial charge in [-0.2, -0.15) is 0 Å². The third kappa shape index (κ3) is 1.51. The Morgan fingerprint density at radius 2 is 2.60 bits per heavy atom. The van der Waals surface area contributed by atoms with Crippen LogP contribution in [0.4, 0.5) is 0 Å². The third-order valence-electron chi connectivity index (χ3n) is 1.61. The number of nitrogens with zero attached hydrogens (tertiary/aromatic N) is 2. The monoisotopic (exact) mass is 145 g/mol. The van der Waals surface area contributed by atoms with E-state index in [1.807, 2.05) is 0 Å². The van der Waals surface area contributed by atoms with E-state index < -0.39 is 0 Å². The van der Waals surface area contributed by atoms with Crippen LogP contribution >= 0.6 is 0 Å². The Bertz CT molecular complexity index is 154. The van der Waals surface area contributed by atoms with Gasteiger partial charge >= 0.3 is 0 Å². The van der Waals surface area contributed by atoms with E-state index in [0.717, 1.165) is 19.5 Å². The van der Waals surface area contributed by atoms with Crippen molar-refractivity contribution in [3.8, 4) is 0 Å². The van der Waals surface area contributed by atoms with Crippen molar-refractivity contribution in [3.63, 3.8) is 0 Å². The SMILES string of the molecule is N=C(N=NN)[C@@H]1CCNC1.[HH].[HH]. The summed E-state index contributed by atoms with van der Waals surface area (Å²) in [6, 6.07) is 0. The largest absolute Gasteiger partial charge is 0.316 e. The van der Waals surface area contributed by atoms with E-state index in [1.165, 1.54) is 0 Å². The summed E-state index contributed by atoms with van der Waals surface area (Å²) < 4.78 is 0. The molecule has 5 heteroatoms. The van der Waals surface area contributed by atoms with Crippen molar-refractivity contribution < 1.29 is 2.85 Å². The van der Waals surface area contributed by atoms with Crippen molar-refractivity contribution in [1.82, 2.24) is 5.32 Å². The quantitative estimate of drug-likeness (QED) is 0.164. The predicted molar refractivity (Wildman–Crippen MR) is 42.0 cm³/mol. The van der Waals surface area contributed by atoms with Crippen LogP contribution < -0.4 is 11.2 Å². The molecule has 0 aromatic rings. The van der Waals surface area contributed by atoms with Gasteiger partial charge in [-0.25, -0.2) is 0 Å². The first kappa shape index (κ1) is 7.14. The van der Waals surface area contributed by atoms with Gasteiger partial charge in [0.25, 0.3) is 0 Å². The maximum Gasteiger partial charge on any atom is 0.149 e. The van der Waals surface area contributed by atoms with Gasteiger partial charge in [0.05, 0.1) is 0 Å². The Hall–Kier alpha value is -0.970. The van der Waals surface area contributed by atoms with Crippen LogP contribution in [0.2, 0.25) is 0 Å². The number of hydrogen-bond acceptors (Lipinski definition) is 3. The molecule has 1 saturated heterocycles. The van der Waals surface area contributed by atoms with Crippen LogP contribution in [0.3, 0.4) is 0 Å². The summed E-state index contributed by atoms with van der Waals surface area (Å²) in [5.41, 5.74) is 0. The van der Waals surface area contributed by atoms with Crippen LogP contribution in [0.15, 0.2) is 10.3 Å². The zero-order valence-corrected chi connectivity index (χ0v) is 5.67. The van der Waals surface area contributed by atoms with E-state index in [4.69, 9.17) is 11.3 Å². The molecule has 0 unspecified atom stereocenters. The molecule has 0 aromatic carbocycles. The maximum atomic E-state index is 7.31. The molecule has 5 nitrogen and oxygen atoms in total. The third-order valence-corrected chi connectivity index (χ3v) is 1.61. The first-order chi connectivity index (χ1) is 4.84. The van der Waals surface area contributed by atoms with Crippen molar-refractivity contribution in [2.75, 3.05) is 13.1 Å². The molecule has 60 valence electrons. The van der Waals surface area contributed by atoms with E-state index in [0.29, 0.717) is 0 Å². The number of rotatable bonds is 1. The van der Waals surface area contributed by atoms with Gasteiger partial charge in [0.2, 0.25) is 0 Å². The van der Waals surface area contributed by atoms with Crippen LogP contribution in [-0.2, 0) is 0 Å². The molecule has 0 aliphatic carbocycles. The Kier molecular flexibility index (Phi) is 2.33. The first-order valence-electron chi connectivity index (χ1n) is 3.24. The van der Waals surface area contributed by atoms with Gasteiger partial charge in [-0.3, -0.25) is 5.41 Å². The highest BCUT2D eigenvalue weighted by atomic mass is 15.3. The molecule has 0 radical (unpaired) electrons. The molecule has 4 N–H and O–H groups in total. The van der Waals surface area contributed by atoms with Gasteiger partial charge in [-0.05, 0) is 13.0 Å². The fraction of sp³-hybridized carbons (Fsp3) is 0.800. The van der Waals surface area contributed by atoms with Gasteiger partial charge in [0, 0.05) is 15.3 Å². The Morgan fingerprint density at radius 1 is 1.80 bits per heavy atom. The summed E-state index contributed by atoms with van der Waals surface area (Å²) >= 11 is 0. The Morgan fingerprint density at radius 3 is 3.10 bits per heavy atom. The van der Waals surface area contributed by atoms with Gasteiger partial charge in [0.1, 0.15) is 5.84 Å². The topological polar surface area (TPSA) is 86.6 Å². The Labute approximate surface area is 62.2 Å². The maximum absolute atomic E-state index is 7.31. The predicted octanol–water partition coefficient (Wildman–Crippen LogP) is 0.391. The van der Waals surface area contributed by atoms with E-state index in [9.17, 15) is 0 Å². The molecule has 1 rings (SSSR count). The highest BCUT2D eigenvalue weighted by molar-refractivity contribution is 5.82. The summed E-state index contributed by atoms with van der Waals surface area (Å²) in [6.45, 7) is 1.80. The van der Waals surface area contributed by atoms with E-state index in [-0.39, 0.29) is 14.6 Å². The summed E-state index contributed by atoms with van der Waals surface area (Å²) in [5.74, 6) is 5.29. The molecule has 0 amide bonds. The normalized spacial score (nSPS) is 25.8. The fourth-order valence-electron chi connectivity index (χ4n) is 1.03. The lowest BCUT2D eigenvalue weighted by atomic mass is 10.1. The molecule has 1 aliphatic heterocycles. The lowest BCUT2D eigenvalue weighted by Gasteiger charge is -2.01. The summed E-state index contributed by atoms with van der Waals surface area (Å²) in [5, 5.41) is 16.9. The number of nitrogens with one attached hydrogen (secondary N) is 2. The minimum Gasteiger partial charge on any atom is -0.316 e. The summed E-state index contributed by atoms with van der Waals surface area (Å²) in [4.78, 5) is 0. The molecule has 1 atom stereocenters. The lowest BCUT2D eigenvalue weighted by Crippen LogP contribution is -2.15. The van der Waals surface area contributed by atoms with E-state index in [1.54, 1.807) is 0 Å². The molecule has 1 aliphatic rings. The minimum atomic E-state index is 0. The average molecular weight is 145 g/mol. The van der Waals surface area contributed by atoms with Crippen molar-refractivity contribution in [1.29, 1.82) is 5.41 Å². The second-order valence-corrected chi connectivity index (χ2v) is 2.29. The second-order valence-electron chi connectivity index (χ2n) is 2.29. The number of hydrogen-bond donors (Lipinski definition) is 3. The average Bonchev–Trinajstić information content (AvgIpc) is 2.38. The van der Waals surface area contributed by atoms with Gasteiger partial charge in [-0.15, -0.1) is 5.11 Å². The highest BCUT2D eigenvalue weighted by Crippen LogP contribution is 2.09. The highest BCUT2D eigenvalue weighted by Gasteiger charge is 2.18. The molecule has 1 fully saturated rings. The molecular formula is C5H15N5. The molecule has 0 bridgehead atoms. The van der Waals surface area contributed by atoms with Crippen molar-refractivity contribution >= 4 is 5.84 Å². The molecule has 1 heterocycles. The van der Waals surface area contributed by atoms with Crippen molar-refractivity contribution in [3.05, 3.63) is 0 Å².